The van der Waals surface area contributed by atoms with Crippen molar-refractivity contribution in [3.8, 4) is 11.3 Å². The van der Waals surface area contributed by atoms with E-state index in [0.29, 0.717) is 12.1 Å². The van der Waals surface area contributed by atoms with E-state index in [1.165, 1.54) is 12.1 Å². The molecule has 126 valence electrons. The van der Waals surface area contributed by atoms with Crippen LogP contribution in [0.15, 0.2) is 54.7 Å². The maximum Gasteiger partial charge on any atom is 0.127 e. The van der Waals surface area contributed by atoms with Crippen molar-refractivity contribution < 1.29 is 8.78 Å². The highest BCUT2D eigenvalue weighted by Crippen LogP contribution is 2.35. The smallest absolute Gasteiger partial charge is 0.127 e. The molecule has 1 aliphatic rings. The van der Waals surface area contributed by atoms with Gasteiger partial charge in [0.1, 0.15) is 11.6 Å². The Balaban J connectivity index is 1.80. The Bertz CT molecular complexity index is 897. The second-order valence-electron chi connectivity index (χ2n) is 6.21. The van der Waals surface area contributed by atoms with Crippen molar-refractivity contribution in [1.29, 1.82) is 0 Å². The summed E-state index contributed by atoms with van der Waals surface area (Å²) in [7, 11) is 0. The van der Waals surface area contributed by atoms with Gasteiger partial charge in [-0.15, -0.1) is 0 Å². The molecule has 1 unspecified atom stereocenters. The van der Waals surface area contributed by atoms with E-state index in [2.05, 4.69) is 21.6 Å². The average molecular weight is 337 g/mol. The summed E-state index contributed by atoms with van der Waals surface area (Å²) < 4.78 is 28.0. The maximum absolute atomic E-state index is 14.3. The van der Waals surface area contributed by atoms with Gasteiger partial charge in [0, 0.05) is 24.2 Å². The summed E-state index contributed by atoms with van der Waals surface area (Å²) in [5.41, 5.74) is 4.28. The van der Waals surface area contributed by atoms with E-state index in [1.54, 1.807) is 6.20 Å². The normalized spacial score (nSPS) is 17.0. The minimum absolute atomic E-state index is 0.170. The second-order valence-corrected chi connectivity index (χ2v) is 6.21. The predicted octanol–water partition coefficient (Wildman–Crippen LogP) is 4.05. The summed E-state index contributed by atoms with van der Waals surface area (Å²) in [4.78, 5) is 0. The molecule has 2 aromatic carbocycles. The van der Waals surface area contributed by atoms with Crippen LogP contribution in [0.1, 0.15) is 29.0 Å². The molecule has 4 rings (SSSR count). The minimum Gasteiger partial charge on any atom is -0.313 e. The van der Waals surface area contributed by atoms with Crippen LogP contribution in [0.25, 0.3) is 11.3 Å². The molecule has 0 aliphatic carbocycles. The van der Waals surface area contributed by atoms with Gasteiger partial charge < -0.3 is 5.32 Å². The van der Waals surface area contributed by atoms with Gasteiger partial charge in [-0.2, -0.15) is 10.2 Å². The van der Waals surface area contributed by atoms with Crippen LogP contribution in [0.4, 0.5) is 8.78 Å². The molecule has 1 N–H and O–H groups in total. The van der Waals surface area contributed by atoms with Gasteiger partial charge in [-0.25, -0.2) is 8.78 Å². The number of fused-ring (bicyclic) bond motifs is 1. The van der Waals surface area contributed by atoms with E-state index in [1.807, 2.05) is 24.3 Å². The summed E-state index contributed by atoms with van der Waals surface area (Å²) in [6, 6.07) is 13.5. The lowest BCUT2D eigenvalue weighted by molar-refractivity contribution is 0.562. The highest BCUT2D eigenvalue weighted by Gasteiger charge is 2.23. The monoisotopic (exact) mass is 337 g/mol. The Labute approximate surface area is 144 Å². The highest BCUT2D eigenvalue weighted by molar-refractivity contribution is 5.61. The maximum atomic E-state index is 14.3. The van der Waals surface area contributed by atoms with E-state index in [4.69, 9.17) is 0 Å². The van der Waals surface area contributed by atoms with Crippen molar-refractivity contribution in [1.82, 2.24) is 15.5 Å². The molecular weight excluding hydrogens is 320 g/mol. The Morgan fingerprint density at radius 3 is 2.76 bits per heavy atom. The molecular formula is C20H17F2N3. The van der Waals surface area contributed by atoms with Crippen molar-refractivity contribution in [2.75, 3.05) is 6.54 Å². The van der Waals surface area contributed by atoms with E-state index in [9.17, 15) is 8.78 Å². The van der Waals surface area contributed by atoms with Crippen LogP contribution in [0, 0.1) is 11.6 Å². The third kappa shape index (κ3) is 3.15. The summed E-state index contributed by atoms with van der Waals surface area (Å²) in [6.45, 7) is 1.44. The first-order valence-electron chi connectivity index (χ1n) is 8.29. The van der Waals surface area contributed by atoms with Crippen molar-refractivity contribution in [3.63, 3.8) is 0 Å². The predicted molar refractivity (Wildman–Crippen MR) is 92.0 cm³/mol. The Morgan fingerprint density at radius 2 is 1.92 bits per heavy atom. The van der Waals surface area contributed by atoms with Crippen molar-refractivity contribution in [3.05, 3.63) is 83.1 Å². The number of nitrogens with one attached hydrogen (secondary N) is 1. The third-order valence-corrected chi connectivity index (χ3v) is 4.65. The van der Waals surface area contributed by atoms with Gasteiger partial charge in [0.2, 0.25) is 0 Å². The fraction of sp³-hybridized carbons (Fsp3) is 0.200. The number of rotatable bonds is 2. The van der Waals surface area contributed by atoms with Crippen molar-refractivity contribution >= 4 is 0 Å². The number of aromatic nitrogens is 2. The molecule has 2 heterocycles. The van der Waals surface area contributed by atoms with Gasteiger partial charge in [-0.3, -0.25) is 0 Å². The second kappa shape index (κ2) is 6.69. The minimum atomic E-state index is -0.411. The average Bonchev–Trinajstić information content (AvgIpc) is 2.86. The summed E-state index contributed by atoms with van der Waals surface area (Å²) >= 11 is 0. The molecule has 1 atom stereocenters. The molecule has 0 saturated carbocycles. The van der Waals surface area contributed by atoms with Gasteiger partial charge in [-0.05, 0) is 66.1 Å². The standard InChI is InChI=1S/C20H17F2N3/c21-15-4-6-19(22)18(11-15)17-7-9-23-12-14-10-13(3-5-16(14)17)20-2-1-8-24-25-20/h1-6,8,10-11,17,23H,7,9,12H2. The van der Waals surface area contributed by atoms with Crippen molar-refractivity contribution in [2.24, 2.45) is 0 Å². The van der Waals surface area contributed by atoms with E-state index < -0.39 is 5.82 Å². The number of halogens is 2. The van der Waals surface area contributed by atoms with E-state index >= 15 is 0 Å². The molecule has 0 bridgehead atoms. The van der Waals surface area contributed by atoms with Crippen LogP contribution in [0.5, 0.6) is 0 Å². The lowest BCUT2D eigenvalue weighted by atomic mass is 9.85. The SMILES string of the molecule is Fc1ccc(F)c(C2CCNCc3cc(-c4cccnn4)ccc32)c1. The van der Waals surface area contributed by atoms with E-state index in [-0.39, 0.29) is 11.7 Å². The number of nitrogens with zero attached hydrogens (tertiary/aromatic N) is 2. The number of benzene rings is 2. The first kappa shape index (κ1) is 15.8. The number of hydrogen-bond donors (Lipinski definition) is 1. The molecule has 1 aliphatic heterocycles. The zero-order valence-electron chi connectivity index (χ0n) is 13.5. The fourth-order valence-corrected chi connectivity index (χ4v) is 3.44. The Kier molecular flexibility index (Phi) is 4.24. The summed E-state index contributed by atoms with van der Waals surface area (Å²) in [5, 5.41) is 11.4. The first-order chi connectivity index (χ1) is 12.2. The molecule has 0 radical (unpaired) electrons. The van der Waals surface area contributed by atoms with Crippen LogP contribution in [0.2, 0.25) is 0 Å². The molecule has 25 heavy (non-hydrogen) atoms. The van der Waals surface area contributed by atoms with Crippen LogP contribution in [0.3, 0.4) is 0 Å². The molecule has 0 fully saturated rings. The Hall–Kier alpha value is -2.66. The van der Waals surface area contributed by atoms with Crippen molar-refractivity contribution in [2.45, 2.75) is 18.9 Å². The van der Waals surface area contributed by atoms with Gasteiger partial charge in [0.05, 0.1) is 5.69 Å². The largest absolute Gasteiger partial charge is 0.313 e. The van der Waals surface area contributed by atoms with Crippen LogP contribution < -0.4 is 5.32 Å². The van der Waals surface area contributed by atoms with Crippen LogP contribution in [-0.4, -0.2) is 16.7 Å². The van der Waals surface area contributed by atoms with Gasteiger partial charge in [0.15, 0.2) is 0 Å². The topological polar surface area (TPSA) is 37.8 Å². The third-order valence-electron chi connectivity index (χ3n) is 4.65. The number of hydrogen-bond acceptors (Lipinski definition) is 3. The molecule has 3 nitrogen and oxygen atoms in total. The molecule has 0 saturated heterocycles. The molecule has 0 spiro atoms. The van der Waals surface area contributed by atoms with E-state index in [0.717, 1.165) is 41.4 Å². The Morgan fingerprint density at radius 1 is 1.00 bits per heavy atom. The van der Waals surface area contributed by atoms with Gasteiger partial charge in [-0.1, -0.05) is 12.1 Å². The fourth-order valence-electron chi connectivity index (χ4n) is 3.44. The molecule has 1 aromatic heterocycles. The highest BCUT2D eigenvalue weighted by atomic mass is 19.1. The van der Waals surface area contributed by atoms with Crippen LogP contribution >= 0.6 is 0 Å². The first-order valence-corrected chi connectivity index (χ1v) is 8.29. The molecule has 0 amide bonds. The molecule has 3 aromatic rings. The molecule has 5 heteroatoms. The lowest BCUT2D eigenvalue weighted by Gasteiger charge is -2.19. The zero-order valence-corrected chi connectivity index (χ0v) is 13.5. The quantitative estimate of drug-likeness (QED) is 0.767. The van der Waals surface area contributed by atoms with Gasteiger partial charge in [0.25, 0.3) is 0 Å². The van der Waals surface area contributed by atoms with Crippen LogP contribution in [-0.2, 0) is 6.54 Å². The van der Waals surface area contributed by atoms with Gasteiger partial charge >= 0.3 is 0 Å². The zero-order chi connectivity index (χ0) is 17.2. The summed E-state index contributed by atoms with van der Waals surface area (Å²) in [5.74, 6) is -0.944. The lowest BCUT2D eigenvalue weighted by Crippen LogP contribution is -2.13. The summed E-state index contributed by atoms with van der Waals surface area (Å²) in [6.07, 6.45) is 2.36.